The monoisotopic (exact) mass is 273 g/mol. The van der Waals surface area contributed by atoms with Gasteiger partial charge >= 0.3 is 0 Å². The highest BCUT2D eigenvalue weighted by Gasteiger charge is 2.24. The van der Waals surface area contributed by atoms with Gasteiger partial charge in [-0.05, 0) is 37.2 Å². The lowest BCUT2D eigenvalue weighted by Gasteiger charge is -2.30. The van der Waals surface area contributed by atoms with Gasteiger partial charge in [-0.1, -0.05) is 0 Å². The molecule has 2 unspecified atom stereocenters. The summed E-state index contributed by atoms with van der Waals surface area (Å²) >= 11 is 1.83. The summed E-state index contributed by atoms with van der Waals surface area (Å²) in [6.45, 7) is 0.721. The molecule has 0 aliphatic carbocycles. The quantitative estimate of drug-likeness (QED) is 0.909. The largest absolute Gasteiger partial charge is 0.375 e. The Balaban J connectivity index is 2.06. The van der Waals surface area contributed by atoms with Crippen LogP contribution in [0, 0.1) is 11.6 Å². The normalized spacial score (nSPS) is 21.8. The molecule has 1 N–H and O–H groups in total. The van der Waals surface area contributed by atoms with Crippen LogP contribution in [0.25, 0.3) is 0 Å². The first-order valence-electron chi connectivity index (χ1n) is 6.01. The summed E-state index contributed by atoms with van der Waals surface area (Å²) in [6.07, 6.45) is 0.488. The van der Waals surface area contributed by atoms with Crippen LogP contribution in [-0.2, 0) is 11.2 Å². The molecule has 1 heterocycles. The van der Waals surface area contributed by atoms with Gasteiger partial charge in [-0.3, -0.25) is 0 Å². The third kappa shape index (κ3) is 3.43. The Labute approximate surface area is 110 Å². The highest BCUT2D eigenvalue weighted by Crippen LogP contribution is 2.19. The summed E-state index contributed by atoms with van der Waals surface area (Å²) in [4.78, 5) is 0. The minimum absolute atomic E-state index is 0.00843. The molecule has 100 valence electrons. The number of benzene rings is 1. The number of likely N-dealkylation sites (N-methyl/N-ethyl adjacent to an activating group) is 1. The molecule has 1 aliphatic heterocycles. The second-order valence-electron chi connectivity index (χ2n) is 4.32. The molecule has 0 saturated carbocycles. The number of halogens is 2. The van der Waals surface area contributed by atoms with Crippen molar-refractivity contribution in [1.82, 2.24) is 5.32 Å². The zero-order valence-corrected chi connectivity index (χ0v) is 11.1. The van der Waals surface area contributed by atoms with E-state index in [-0.39, 0.29) is 18.0 Å². The Morgan fingerprint density at radius 2 is 2.33 bits per heavy atom. The van der Waals surface area contributed by atoms with Crippen molar-refractivity contribution in [2.75, 3.05) is 25.2 Å². The van der Waals surface area contributed by atoms with Crippen LogP contribution >= 0.6 is 11.8 Å². The van der Waals surface area contributed by atoms with Gasteiger partial charge < -0.3 is 10.1 Å². The van der Waals surface area contributed by atoms with E-state index < -0.39 is 5.82 Å². The Morgan fingerprint density at radius 1 is 1.50 bits per heavy atom. The molecule has 1 aromatic carbocycles. The van der Waals surface area contributed by atoms with E-state index in [0.717, 1.165) is 24.2 Å². The second-order valence-corrected chi connectivity index (χ2v) is 5.47. The van der Waals surface area contributed by atoms with E-state index in [1.807, 2.05) is 18.8 Å². The molecule has 2 rings (SSSR count). The van der Waals surface area contributed by atoms with E-state index in [9.17, 15) is 8.78 Å². The average Bonchev–Trinajstić information content (AvgIpc) is 2.41. The molecule has 0 amide bonds. The molecule has 5 heteroatoms. The SMILES string of the molecule is CNC(Cc1cc(F)ccc1F)C1CSCCO1. The molecule has 1 aliphatic rings. The molecule has 0 bridgehead atoms. The van der Waals surface area contributed by atoms with Crippen LogP contribution < -0.4 is 5.32 Å². The predicted molar refractivity (Wildman–Crippen MR) is 70.0 cm³/mol. The fourth-order valence-electron chi connectivity index (χ4n) is 2.09. The van der Waals surface area contributed by atoms with Gasteiger partial charge in [-0.15, -0.1) is 0 Å². The van der Waals surface area contributed by atoms with Crippen molar-refractivity contribution >= 4 is 11.8 Å². The van der Waals surface area contributed by atoms with Crippen LogP contribution in [0.1, 0.15) is 5.56 Å². The lowest BCUT2D eigenvalue weighted by atomic mass is 10.0. The number of hydrogen-bond donors (Lipinski definition) is 1. The van der Waals surface area contributed by atoms with E-state index in [2.05, 4.69) is 5.32 Å². The van der Waals surface area contributed by atoms with Crippen LogP contribution in [0.5, 0.6) is 0 Å². The highest BCUT2D eigenvalue weighted by molar-refractivity contribution is 7.99. The number of ether oxygens (including phenoxy) is 1. The zero-order chi connectivity index (χ0) is 13.0. The van der Waals surface area contributed by atoms with E-state index in [0.29, 0.717) is 12.0 Å². The molecule has 0 aromatic heterocycles. The number of hydrogen-bond acceptors (Lipinski definition) is 3. The molecule has 2 atom stereocenters. The van der Waals surface area contributed by atoms with Crippen LogP contribution in [0.15, 0.2) is 18.2 Å². The van der Waals surface area contributed by atoms with E-state index >= 15 is 0 Å². The first-order chi connectivity index (χ1) is 8.70. The van der Waals surface area contributed by atoms with Crippen molar-refractivity contribution in [3.8, 4) is 0 Å². The van der Waals surface area contributed by atoms with Crippen molar-refractivity contribution in [3.63, 3.8) is 0 Å². The van der Waals surface area contributed by atoms with Crippen molar-refractivity contribution in [3.05, 3.63) is 35.4 Å². The molecule has 1 aromatic rings. The summed E-state index contributed by atoms with van der Waals surface area (Å²) in [7, 11) is 1.82. The summed E-state index contributed by atoms with van der Waals surface area (Å²) in [5.74, 6) is 1.13. The van der Waals surface area contributed by atoms with Gasteiger partial charge in [0, 0.05) is 17.5 Å². The smallest absolute Gasteiger partial charge is 0.126 e. The van der Waals surface area contributed by atoms with E-state index in [1.54, 1.807) is 0 Å². The Bertz CT molecular complexity index is 397. The fraction of sp³-hybridized carbons (Fsp3) is 0.538. The lowest BCUT2D eigenvalue weighted by Crippen LogP contribution is -2.44. The first-order valence-corrected chi connectivity index (χ1v) is 7.16. The third-order valence-electron chi connectivity index (χ3n) is 3.11. The van der Waals surface area contributed by atoms with Gasteiger partial charge in [0.15, 0.2) is 0 Å². The van der Waals surface area contributed by atoms with Crippen LogP contribution in [0.2, 0.25) is 0 Å². The Hall–Kier alpha value is -0.650. The highest BCUT2D eigenvalue weighted by atomic mass is 32.2. The van der Waals surface area contributed by atoms with Gasteiger partial charge in [0.25, 0.3) is 0 Å². The number of rotatable bonds is 4. The zero-order valence-electron chi connectivity index (χ0n) is 10.3. The van der Waals surface area contributed by atoms with Gasteiger partial charge in [0.05, 0.1) is 12.7 Å². The maximum atomic E-state index is 13.6. The van der Waals surface area contributed by atoms with E-state index in [4.69, 9.17) is 4.74 Å². The molecule has 0 spiro atoms. The minimum atomic E-state index is -0.403. The second kappa shape index (κ2) is 6.50. The molecule has 1 saturated heterocycles. The third-order valence-corrected chi connectivity index (χ3v) is 4.13. The van der Waals surface area contributed by atoms with Gasteiger partial charge in [-0.2, -0.15) is 11.8 Å². The molecular formula is C13H17F2NOS. The van der Waals surface area contributed by atoms with Crippen molar-refractivity contribution in [2.24, 2.45) is 0 Å². The summed E-state index contributed by atoms with van der Waals surface area (Å²) in [5, 5.41) is 3.14. The topological polar surface area (TPSA) is 21.3 Å². The van der Waals surface area contributed by atoms with Gasteiger partial charge in [0.1, 0.15) is 11.6 Å². The molecule has 0 radical (unpaired) electrons. The standard InChI is InChI=1S/C13H17F2NOS/c1-16-12(13-8-18-5-4-17-13)7-9-6-10(14)2-3-11(9)15/h2-3,6,12-13,16H,4-5,7-8H2,1H3. The van der Waals surface area contributed by atoms with Crippen molar-refractivity contribution in [2.45, 2.75) is 18.6 Å². The maximum Gasteiger partial charge on any atom is 0.126 e. The van der Waals surface area contributed by atoms with Crippen molar-refractivity contribution in [1.29, 1.82) is 0 Å². The molecule has 1 fully saturated rings. The van der Waals surface area contributed by atoms with Crippen LogP contribution in [0.3, 0.4) is 0 Å². The predicted octanol–water partition coefficient (Wildman–Crippen LogP) is 2.23. The van der Waals surface area contributed by atoms with Crippen LogP contribution in [-0.4, -0.2) is 37.3 Å². The summed E-state index contributed by atoms with van der Waals surface area (Å²) < 4.78 is 32.4. The van der Waals surface area contributed by atoms with Gasteiger partial charge in [0.2, 0.25) is 0 Å². The Kier molecular flexibility index (Phi) is 4.97. The summed E-state index contributed by atoms with van der Waals surface area (Å²) in [6, 6.07) is 3.58. The van der Waals surface area contributed by atoms with Crippen molar-refractivity contribution < 1.29 is 13.5 Å². The van der Waals surface area contributed by atoms with Crippen LogP contribution in [0.4, 0.5) is 8.78 Å². The maximum absolute atomic E-state index is 13.6. The Morgan fingerprint density at radius 3 is 3.00 bits per heavy atom. The molecule has 2 nitrogen and oxygen atoms in total. The lowest BCUT2D eigenvalue weighted by molar-refractivity contribution is 0.0490. The average molecular weight is 273 g/mol. The first kappa shape index (κ1) is 13.8. The molecule has 18 heavy (non-hydrogen) atoms. The fourth-order valence-corrected chi connectivity index (χ4v) is 3.04. The van der Waals surface area contributed by atoms with E-state index in [1.165, 1.54) is 12.1 Å². The summed E-state index contributed by atoms with van der Waals surface area (Å²) in [5.41, 5.74) is 0.397. The minimum Gasteiger partial charge on any atom is -0.375 e. The number of thioether (sulfide) groups is 1. The number of nitrogens with one attached hydrogen (secondary N) is 1. The van der Waals surface area contributed by atoms with Gasteiger partial charge in [-0.25, -0.2) is 8.78 Å². The molecular weight excluding hydrogens is 256 g/mol.